The lowest BCUT2D eigenvalue weighted by molar-refractivity contribution is -0.0504. The summed E-state index contributed by atoms with van der Waals surface area (Å²) in [4.78, 5) is 11.5. The molecule has 0 heterocycles. The van der Waals surface area contributed by atoms with E-state index in [4.69, 9.17) is 10.5 Å². The smallest absolute Gasteiger partial charge is 0.387 e. The molecule has 7 heteroatoms. The maximum Gasteiger partial charge on any atom is 0.387 e. The molecule has 0 saturated carbocycles. The van der Waals surface area contributed by atoms with Crippen LogP contribution in [0.4, 0.5) is 14.5 Å². The van der Waals surface area contributed by atoms with E-state index in [-0.39, 0.29) is 28.1 Å². The van der Waals surface area contributed by atoms with Gasteiger partial charge in [-0.25, -0.2) is 4.79 Å². The first kappa shape index (κ1) is 13.7. The van der Waals surface area contributed by atoms with Crippen LogP contribution < -0.4 is 10.5 Å². The van der Waals surface area contributed by atoms with E-state index in [1.165, 1.54) is 12.1 Å². The Morgan fingerprint density at radius 1 is 1.53 bits per heavy atom. The number of nitrogen functional groups attached to an aromatic ring is 1. The molecule has 4 nitrogen and oxygen atoms in total. The van der Waals surface area contributed by atoms with E-state index in [0.717, 1.165) is 0 Å². The summed E-state index contributed by atoms with van der Waals surface area (Å²) in [5, 5.41) is 0. The second kappa shape index (κ2) is 5.81. The average Bonchev–Trinajstić information content (AvgIpc) is 2.22. The summed E-state index contributed by atoms with van der Waals surface area (Å²) in [5.41, 5.74) is 5.66. The van der Waals surface area contributed by atoms with E-state index >= 15 is 0 Å². The number of carbonyl (C=O) groups excluding carboxylic acids is 1. The Balaban J connectivity index is 3.13. The largest absolute Gasteiger partial charge is 0.462 e. The highest BCUT2D eigenvalue weighted by Crippen LogP contribution is 2.33. The normalized spacial score (nSPS) is 10.4. The van der Waals surface area contributed by atoms with E-state index in [9.17, 15) is 13.6 Å². The predicted octanol–water partition coefficient (Wildman–Crippen LogP) is 2.81. The summed E-state index contributed by atoms with van der Waals surface area (Å²) < 4.78 is 33.3. The van der Waals surface area contributed by atoms with E-state index in [0.29, 0.717) is 0 Å². The number of hydrogen-bond donors (Lipinski definition) is 1. The third kappa shape index (κ3) is 3.55. The van der Waals surface area contributed by atoms with Gasteiger partial charge in [0, 0.05) is 11.8 Å². The van der Waals surface area contributed by atoms with Crippen LogP contribution >= 0.6 is 15.9 Å². The zero-order valence-corrected chi connectivity index (χ0v) is 10.5. The van der Waals surface area contributed by atoms with Gasteiger partial charge in [0.15, 0.2) is 0 Å². The van der Waals surface area contributed by atoms with Crippen LogP contribution in [-0.4, -0.2) is 19.2 Å². The van der Waals surface area contributed by atoms with Crippen LogP contribution in [0, 0.1) is 0 Å². The van der Waals surface area contributed by atoms with Crippen LogP contribution in [0.5, 0.6) is 5.75 Å². The Labute approximate surface area is 105 Å². The number of rotatable bonds is 4. The molecule has 1 rings (SSSR count). The van der Waals surface area contributed by atoms with Gasteiger partial charge in [-0.15, -0.1) is 0 Å². The van der Waals surface area contributed by atoms with E-state index < -0.39 is 12.6 Å². The van der Waals surface area contributed by atoms with E-state index in [1.54, 1.807) is 6.92 Å². The van der Waals surface area contributed by atoms with Gasteiger partial charge in [0.1, 0.15) is 5.75 Å². The number of anilines is 1. The molecule has 0 bridgehead atoms. The summed E-state index contributed by atoms with van der Waals surface area (Å²) in [5.74, 6) is -0.867. The second-order valence-corrected chi connectivity index (χ2v) is 3.77. The van der Waals surface area contributed by atoms with Crippen molar-refractivity contribution >= 4 is 27.6 Å². The lowest BCUT2D eigenvalue weighted by Gasteiger charge is -2.11. The number of hydrogen-bond acceptors (Lipinski definition) is 4. The fourth-order valence-corrected chi connectivity index (χ4v) is 1.64. The van der Waals surface area contributed by atoms with E-state index in [2.05, 4.69) is 20.7 Å². The van der Waals surface area contributed by atoms with Gasteiger partial charge < -0.3 is 15.2 Å². The van der Waals surface area contributed by atoms with Crippen LogP contribution in [0.2, 0.25) is 0 Å². The molecule has 0 atom stereocenters. The number of esters is 1. The van der Waals surface area contributed by atoms with Crippen molar-refractivity contribution in [3.05, 3.63) is 22.2 Å². The average molecular weight is 310 g/mol. The second-order valence-electron chi connectivity index (χ2n) is 2.98. The minimum Gasteiger partial charge on any atom is -0.462 e. The van der Waals surface area contributed by atoms with Crippen molar-refractivity contribution in [1.82, 2.24) is 0 Å². The number of benzene rings is 1. The van der Waals surface area contributed by atoms with Crippen molar-refractivity contribution in [2.45, 2.75) is 13.5 Å². The number of ether oxygens (including phenoxy) is 2. The molecule has 1 aromatic carbocycles. The molecule has 0 spiro atoms. The molecule has 0 aliphatic heterocycles. The first-order valence-corrected chi connectivity index (χ1v) is 5.46. The Morgan fingerprint density at radius 2 is 2.18 bits per heavy atom. The predicted molar refractivity (Wildman–Crippen MR) is 61.1 cm³/mol. The number of carbonyl (C=O) groups is 1. The van der Waals surface area contributed by atoms with Crippen molar-refractivity contribution < 1.29 is 23.0 Å². The van der Waals surface area contributed by atoms with Gasteiger partial charge in [-0.1, -0.05) is 0 Å². The van der Waals surface area contributed by atoms with Crippen LogP contribution in [-0.2, 0) is 4.74 Å². The summed E-state index contributed by atoms with van der Waals surface area (Å²) >= 11 is 3.00. The summed E-state index contributed by atoms with van der Waals surface area (Å²) in [6, 6.07) is 2.51. The summed E-state index contributed by atoms with van der Waals surface area (Å²) in [7, 11) is 0. The minimum absolute atomic E-state index is 0.0440. The van der Waals surface area contributed by atoms with Gasteiger partial charge in [0.25, 0.3) is 0 Å². The molecule has 0 fully saturated rings. The fourth-order valence-electron chi connectivity index (χ4n) is 1.16. The lowest BCUT2D eigenvalue weighted by atomic mass is 10.2. The van der Waals surface area contributed by atoms with Crippen molar-refractivity contribution in [1.29, 1.82) is 0 Å². The van der Waals surface area contributed by atoms with Crippen LogP contribution in [0.3, 0.4) is 0 Å². The Hall–Kier alpha value is -1.37. The van der Waals surface area contributed by atoms with Crippen molar-refractivity contribution in [2.24, 2.45) is 0 Å². The van der Waals surface area contributed by atoms with Crippen molar-refractivity contribution in [2.75, 3.05) is 12.3 Å². The van der Waals surface area contributed by atoms with Gasteiger partial charge in [-0.3, -0.25) is 0 Å². The molecule has 0 aromatic heterocycles. The fraction of sp³-hybridized carbons (Fsp3) is 0.300. The molecule has 0 radical (unpaired) electrons. The topological polar surface area (TPSA) is 61.5 Å². The molecule has 0 amide bonds. The van der Waals surface area contributed by atoms with Crippen LogP contribution in [0.15, 0.2) is 16.6 Å². The molecule has 0 aliphatic carbocycles. The molecule has 2 N–H and O–H groups in total. The zero-order valence-electron chi connectivity index (χ0n) is 8.88. The highest BCUT2D eigenvalue weighted by molar-refractivity contribution is 9.10. The maximum atomic E-state index is 12.1. The van der Waals surface area contributed by atoms with E-state index in [1.807, 2.05) is 0 Å². The van der Waals surface area contributed by atoms with Crippen molar-refractivity contribution in [3.63, 3.8) is 0 Å². The van der Waals surface area contributed by atoms with Gasteiger partial charge in [-0.05, 0) is 28.9 Å². The van der Waals surface area contributed by atoms with Crippen LogP contribution in [0.25, 0.3) is 0 Å². The molecule has 0 saturated heterocycles. The maximum absolute atomic E-state index is 12.1. The van der Waals surface area contributed by atoms with Gasteiger partial charge in [-0.2, -0.15) is 8.78 Å². The Morgan fingerprint density at radius 3 is 2.71 bits per heavy atom. The summed E-state index contributed by atoms with van der Waals surface area (Å²) in [6.07, 6.45) is 0. The Kier molecular flexibility index (Phi) is 4.68. The van der Waals surface area contributed by atoms with Gasteiger partial charge >= 0.3 is 12.6 Å². The molecule has 94 valence electrons. The zero-order chi connectivity index (χ0) is 13.0. The molecule has 0 aliphatic rings. The standard InChI is InChI=1S/C10H10BrF2NO3/c1-2-16-9(15)6-3-5(14)4-7(8(6)11)17-10(12)13/h3-4,10H,2,14H2,1H3. The number of halogens is 3. The van der Waals surface area contributed by atoms with Crippen molar-refractivity contribution in [3.8, 4) is 5.75 Å². The molecule has 0 unspecified atom stereocenters. The van der Waals surface area contributed by atoms with Crippen LogP contribution in [0.1, 0.15) is 17.3 Å². The molecular formula is C10H10BrF2NO3. The SMILES string of the molecule is CCOC(=O)c1cc(N)cc(OC(F)F)c1Br. The third-order valence-electron chi connectivity index (χ3n) is 1.77. The highest BCUT2D eigenvalue weighted by atomic mass is 79.9. The Bertz CT molecular complexity index is 426. The quantitative estimate of drug-likeness (QED) is 0.686. The molecule has 17 heavy (non-hydrogen) atoms. The third-order valence-corrected chi connectivity index (χ3v) is 2.59. The monoisotopic (exact) mass is 309 g/mol. The van der Waals surface area contributed by atoms with Gasteiger partial charge in [0.05, 0.1) is 16.6 Å². The molecular weight excluding hydrogens is 300 g/mol. The first-order chi connectivity index (χ1) is 7.95. The number of alkyl halides is 2. The van der Waals surface area contributed by atoms with Gasteiger partial charge in [0.2, 0.25) is 0 Å². The first-order valence-electron chi connectivity index (χ1n) is 4.66. The lowest BCUT2D eigenvalue weighted by Crippen LogP contribution is -2.09. The molecule has 1 aromatic rings. The highest BCUT2D eigenvalue weighted by Gasteiger charge is 2.18. The number of nitrogens with two attached hydrogens (primary N) is 1. The minimum atomic E-state index is -3.00. The summed E-state index contributed by atoms with van der Waals surface area (Å²) in [6.45, 7) is -1.19.